The van der Waals surface area contributed by atoms with Gasteiger partial charge in [-0.25, -0.2) is 9.59 Å². The van der Waals surface area contributed by atoms with Crippen LogP contribution in [0, 0.1) is 0 Å². The Hall–Kier alpha value is -1.78. The van der Waals surface area contributed by atoms with E-state index in [0.29, 0.717) is 12.0 Å². The van der Waals surface area contributed by atoms with Gasteiger partial charge in [0, 0.05) is 6.54 Å². The Morgan fingerprint density at radius 2 is 2.16 bits per heavy atom. The van der Waals surface area contributed by atoms with Crippen molar-refractivity contribution in [3.05, 3.63) is 24.3 Å². The van der Waals surface area contributed by atoms with Crippen LogP contribution in [0.1, 0.15) is 34.1 Å². The lowest BCUT2D eigenvalue weighted by Crippen LogP contribution is -2.54. The maximum absolute atomic E-state index is 12.1. The maximum Gasteiger partial charge on any atom is 0.411 e. The number of hydrogen-bond acceptors (Lipinski definition) is 3. The van der Waals surface area contributed by atoms with Gasteiger partial charge in [0.15, 0.2) is 5.54 Å². The molecule has 0 saturated heterocycles. The number of carbonyl (C=O) groups excluding carboxylic acids is 1. The summed E-state index contributed by atoms with van der Waals surface area (Å²) in [7, 11) is 0. The third kappa shape index (κ3) is 2.97. The molecule has 1 aliphatic heterocycles. The van der Waals surface area contributed by atoms with E-state index >= 15 is 0 Å². The minimum absolute atomic E-state index is 0.237. The summed E-state index contributed by atoms with van der Waals surface area (Å²) >= 11 is 0. The third-order valence-electron chi connectivity index (χ3n) is 3.08. The largest absolute Gasteiger partial charge is 0.479 e. The summed E-state index contributed by atoms with van der Waals surface area (Å²) in [6.07, 6.45) is 3.20. The van der Waals surface area contributed by atoms with Crippen LogP contribution < -0.4 is 0 Å². The molecule has 0 radical (unpaired) electrons. The quantitative estimate of drug-likeness (QED) is 0.798. The van der Waals surface area contributed by atoms with Crippen molar-refractivity contribution in [2.45, 2.75) is 45.3 Å². The van der Waals surface area contributed by atoms with Crippen molar-refractivity contribution in [3.63, 3.8) is 0 Å². The zero-order valence-corrected chi connectivity index (χ0v) is 11.9. The Kier molecular flexibility index (Phi) is 4.08. The Morgan fingerprint density at radius 1 is 1.58 bits per heavy atom. The van der Waals surface area contributed by atoms with Gasteiger partial charge in [-0.3, -0.25) is 4.90 Å². The normalized spacial score (nSPS) is 22.9. The van der Waals surface area contributed by atoms with Crippen LogP contribution in [-0.4, -0.2) is 39.8 Å². The van der Waals surface area contributed by atoms with Crippen molar-refractivity contribution < 1.29 is 19.4 Å². The molecule has 1 N–H and O–H groups in total. The minimum Gasteiger partial charge on any atom is -0.479 e. The Labute approximate surface area is 113 Å². The minimum atomic E-state index is -1.36. The molecular weight excluding hydrogens is 246 g/mol. The predicted octanol–water partition coefficient (Wildman–Crippen LogP) is 2.58. The van der Waals surface area contributed by atoms with Crippen LogP contribution in [0.5, 0.6) is 0 Å². The number of nitrogens with zero attached hydrogens (tertiary/aromatic N) is 1. The highest BCUT2D eigenvalue weighted by Gasteiger charge is 2.49. The van der Waals surface area contributed by atoms with Gasteiger partial charge in [-0.1, -0.05) is 12.2 Å². The Morgan fingerprint density at radius 3 is 2.58 bits per heavy atom. The van der Waals surface area contributed by atoms with Gasteiger partial charge < -0.3 is 9.84 Å². The lowest BCUT2D eigenvalue weighted by atomic mass is 9.91. The summed E-state index contributed by atoms with van der Waals surface area (Å²) in [4.78, 5) is 24.9. The fraction of sp³-hybridized carbons (Fsp3) is 0.571. The number of ether oxygens (including phenoxy) is 1. The maximum atomic E-state index is 12.1. The molecule has 0 aromatic rings. The van der Waals surface area contributed by atoms with E-state index in [2.05, 4.69) is 6.58 Å². The van der Waals surface area contributed by atoms with Crippen LogP contribution in [0.3, 0.4) is 0 Å². The smallest absolute Gasteiger partial charge is 0.411 e. The van der Waals surface area contributed by atoms with E-state index in [1.54, 1.807) is 32.9 Å². The van der Waals surface area contributed by atoms with E-state index < -0.39 is 23.2 Å². The molecule has 0 fully saturated rings. The van der Waals surface area contributed by atoms with Gasteiger partial charge in [0.2, 0.25) is 0 Å². The number of amides is 1. The standard InChI is InChI=1S/C14H21NO4/c1-6-7-10-8-9-15(14(10,5)11(16)17)12(18)19-13(2,3)4/h6,8H,1,7,9H2,2-5H3,(H,16,17)/t14-/m0/s1. The van der Waals surface area contributed by atoms with E-state index in [1.165, 1.54) is 11.8 Å². The van der Waals surface area contributed by atoms with E-state index in [-0.39, 0.29) is 6.54 Å². The molecule has 0 aliphatic carbocycles. The summed E-state index contributed by atoms with van der Waals surface area (Å²) in [5, 5.41) is 9.46. The average Bonchev–Trinajstić information content (AvgIpc) is 2.56. The second kappa shape index (κ2) is 5.07. The van der Waals surface area contributed by atoms with Crippen molar-refractivity contribution >= 4 is 12.1 Å². The summed E-state index contributed by atoms with van der Waals surface area (Å²) in [5.74, 6) is -1.07. The molecule has 0 unspecified atom stereocenters. The zero-order chi connectivity index (χ0) is 14.8. The van der Waals surface area contributed by atoms with Crippen molar-refractivity contribution in [2.75, 3.05) is 6.54 Å². The van der Waals surface area contributed by atoms with Gasteiger partial charge in [-0.15, -0.1) is 6.58 Å². The molecule has 0 aromatic carbocycles. The molecular formula is C14H21NO4. The number of aliphatic carboxylic acids is 1. The first-order chi connectivity index (χ1) is 8.63. The molecule has 1 heterocycles. The van der Waals surface area contributed by atoms with Gasteiger partial charge in [-0.2, -0.15) is 0 Å². The fourth-order valence-electron chi connectivity index (χ4n) is 2.02. The summed E-state index contributed by atoms with van der Waals surface area (Å²) in [6.45, 7) is 10.6. The molecule has 1 aliphatic rings. The summed E-state index contributed by atoms with van der Waals surface area (Å²) in [5.41, 5.74) is -1.37. The van der Waals surface area contributed by atoms with Crippen LogP contribution in [0.15, 0.2) is 24.3 Å². The lowest BCUT2D eigenvalue weighted by molar-refractivity contribution is -0.146. The van der Waals surface area contributed by atoms with Gasteiger partial charge in [-0.05, 0) is 39.7 Å². The first kappa shape index (κ1) is 15.3. The van der Waals surface area contributed by atoms with Crippen LogP contribution in [0.4, 0.5) is 4.79 Å². The number of rotatable bonds is 3. The molecule has 1 rings (SSSR count). The van der Waals surface area contributed by atoms with Crippen molar-refractivity contribution in [2.24, 2.45) is 0 Å². The molecule has 0 bridgehead atoms. The van der Waals surface area contributed by atoms with E-state index in [9.17, 15) is 14.7 Å². The molecule has 1 atom stereocenters. The van der Waals surface area contributed by atoms with E-state index in [4.69, 9.17) is 4.74 Å². The predicted molar refractivity (Wildman–Crippen MR) is 71.9 cm³/mol. The molecule has 1 amide bonds. The molecule has 0 aromatic heterocycles. The lowest BCUT2D eigenvalue weighted by Gasteiger charge is -2.35. The van der Waals surface area contributed by atoms with Gasteiger partial charge >= 0.3 is 12.1 Å². The van der Waals surface area contributed by atoms with E-state index in [1.807, 2.05) is 0 Å². The topological polar surface area (TPSA) is 66.8 Å². The average molecular weight is 267 g/mol. The number of carboxylic acid groups (broad SMARTS) is 1. The molecule has 0 spiro atoms. The van der Waals surface area contributed by atoms with Gasteiger partial charge in [0.25, 0.3) is 0 Å². The highest BCUT2D eigenvalue weighted by Crippen LogP contribution is 2.34. The van der Waals surface area contributed by atoms with Crippen molar-refractivity contribution in [3.8, 4) is 0 Å². The SMILES string of the molecule is C=CCC1=CCN(C(=O)OC(C)(C)C)[C@]1(C)C(=O)O. The molecule has 106 valence electrons. The van der Waals surface area contributed by atoms with Gasteiger partial charge in [0.05, 0.1) is 0 Å². The summed E-state index contributed by atoms with van der Waals surface area (Å²) in [6, 6.07) is 0. The van der Waals surface area contributed by atoms with Crippen LogP contribution in [-0.2, 0) is 9.53 Å². The Balaban J connectivity index is 3.01. The zero-order valence-electron chi connectivity index (χ0n) is 11.9. The van der Waals surface area contributed by atoms with E-state index in [0.717, 1.165) is 0 Å². The second-order valence-corrected chi connectivity index (χ2v) is 5.69. The first-order valence-electron chi connectivity index (χ1n) is 6.17. The molecule has 5 nitrogen and oxygen atoms in total. The number of carbonyl (C=O) groups is 2. The third-order valence-corrected chi connectivity index (χ3v) is 3.08. The molecule has 0 saturated carbocycles. The number of carboxylic acids is 1. The fourth-order valence-corrected chi connectivity index (χ4v) is 2.02. The second-order valence-electron chi connectivity index (χ2n) is 5.69. The monoisotopic (exact) mass is 267 g/mol. The highest BCUT2D eigenvalue weighted by molar-refractivity contribution is 5.89. The summed E-state index contributed by atoms with van der Waals surface area (Å²) < 4.78 is 5.26. The van der Waals surface area contributed by atoms with Crippen molar-refractivity contribution in [1.29, 1.82) is 0 Å². The number of allylic oxidation sites excluding steroid dienone is 1. The molecule has 5 heteroatoms. The molecule has 19 heavy (non-hydrogen) atoms. The van der Waals surface area contributed by atoms with Crippen LogP contribution in [0.2, 0.25) is 0 Å². The van der Waals surface area contributed by atoms with Gasteiger partial charge in [0.1, 0.15) is 5.60 Å². The van der Waals surface area contributed by atoms with Crippen molar-refractivity contribution in [1.82, 2.24) is 4.90 Å². The van der Waals surface area contributed by atoms with Crippen LogP contribution in [0.25, 0.3) is 0 Å². The van der Waals surface area contributed by atoms with Crippen LogP contribution >= 0.6 is 0 Å². The Bertz CT molecular complexity index is 433. The highest BCUT2D eigenvalue weighted by atomic mass is 16.6. The number of hydrogen-bond donors (Lipinski definition) is 1. The first-order valence-corrected chi connectivity index (χ1v) is 6.17.